The Hall–Kier alpha value is -2.86. The number of hydrogen-bond donors (Lipinski definition) is 2. The number of benzene rings is 2. The Morgan fingerprint density at radius 1 is 1.22 bits per heavy atom. The van der Waals surface area contributed by atoms with Crippen LogP contribution in [0.1, 0.15) is 0 Å². The van der Waals surface area contributed by atoms with Crippen LogP contribution in [0.5, 0.6) is 0 Å². The zero-order valence-corrected chi connectivity index (χ0v) is 12.7. The molecule has 3 aromatic rings. The van der Waals surface area contributed by atoms with Crippen LogP contribution < -0.4 is 10.6 Å². The van der Waals surface area contributed by atoms with E-state index in [0.717, 1.165) is 16.7 Å². The number of hydrogen-bond acceptors (Lipinski definition) is 4. The highest BCUT2D eigenvalue weighted by Gasteiger charge is 2.09. The Bertz CT molecular complexity index is 780. The molecule has 6 nitrogen and oxygen atoms in total. The molecular weight excluding hydrogens is 294 g/mol. The lowest BCUT2D eigenvalue weighted by molar-refractivity contribution is 0.198. The van der Waals surface area contributed by atoms with E-state index in [2.05, 4.69) is 15.6 Å². The Morgan fingerprint density at radius 2 is 2.09 bits per heavy atom. The third kappa shape index (κ3) is 3.67. The predicted molar refractivity (Wildman–Crippen MR) is 88.3 cm³/mol. The molecule has 1 heterocycles. The first-order chi connectivity index (χ1) is 11.3. The highest BCUT2D eigenvalue weighted by atomic mass is 16.5. The summed E-state index contributed by atoms with van der Waals surface area (Å²) in [4.78, 5) is 16.2. The van der Waals surface area contributed by atoms with Gasteiger partial charge in [0.15, 0.2) is 5.58 Å². The van der Waals surface area contributed by atoms with Gasteiger partial charge in [0.1, 0.15) is 5.52 Å². The first-order valence-electron chi connectivity index (χ1n) is 7.26. The van der Waals surface area contributed by atoms with Crippen molar-refractivity contribution < 1.29 is 13.9 Å². The second-order valence-corrected chi connectivity index (χ2v) is 4.94. The smallest absolute Gasteiger partial charge is 0.319 e. The van der Waals surface area contributed by atoms with Crippen LogP contribution in [0.25, 0.3) is 22.6 Å². The Kier molecular flexibility index (Phi) is 4.54. The quantitative estimate of drug-likeness (QED) is 0.709. The summed E-state index contributed by atoms with van der Waals surface area (Å²) in [6.45, 7) is 0.920. The summed E-state index contributed by atoms with van der Waals surface area (Å²) < 4.78 is 10.6. The van der Waals surface area contributed by atoms with E-state index < -0.39 is 0 Å². The topological polar surface area (TPSA) is 76.4 Å². The van der Waals surface area contributed by atoms with Gasteiger partial charge in [-0.3, -0.25) is 0 Å². The molecule has 118 valence electrons. The zero-order chi connectivity index (χ0) is 16.1. The number of anilines is 1. The second kappa shape index (κ2) is 6.93. The van der Waals surface area contributed by atoms with Crippen molar-refractivity contribution in [1.82, 2.24) is 10.3 Å². The fourth-order valence-electron chi connectivity index (χ4n) is 2.17. The SMILES string of the molecule is COCCNC(=O)Nc1cccc(-c2nc3ccccc3o2)c1. The molecule has 2 N–H and O–H groups in total. The van der Waals surface area contributed by atoms with Gasteiger partial charge >= 0.3 is 6.03 Å². The minimum Gasteiger partial charge on any atom is -0.436 e. The van der Waals surface area contributed by atoms with Crippen LogP contribution in [-0.2, 0) is 4.74 Å². The van der Waals surface area contributed by atoms with Crippen molar-refractivity contribution >= 4 is 22.8 Å². The molecule has 3 rings (SSSR count). The third-order valence-electron chi connectivity index (χ3n) is 3.25. The van der Waals surface area contributed by atoms with E-state index in [0.29, 0.717) is 24.7 Å². The van der Waals surface area contributed by atoms with Gasteiger partial charge in [0.2, 0.25) is 5.89 Å². The first-order valence-corrected chi connectivity index (χ1v) is 7.26. The van der Waals surface area contributed by atoms with Crippen molar-refractivity contribution in [2.75, 3.05) is 25.6 Å². The number of nitrogens with one attached hydrogen (secondary N) is 2. The van der Waals surface area contributed by atoms with Crippen molar-refractivity contribution in [2.45, 2.75) is 0 Å². The van der Waals surface area contributed by atoms with Crippen LogP contribution in [-0.4, -0.2) is 31.3 Å². The average molecular weight is 311 g/mol. The van der Waals surface area contributed by atoms with Crippen LogP contribution in [0.2, 0.25) is 0 Å². The molecule has 0 bridgehead atoms. The minimum atomic E-state index is -0.281. The molecule has 2 aromatic carbocycles. The molecule has 0 aliphatic rings. The number of carbonyl (C=O) groups is 1. The highest BCUT2D eigenvalue weighted by molar-refractivity contribution is 5.90. The lowest BCUT2D eigenvalue weighted by Crippen LogP contribution is -2.31. The summed E-state index contributed by atoms with van der Waals surface area (Å²) in [7, 11) is 1.59. The van der Waals surface area contributed by atoms with E-state index in [-0.39, 0.29) is 6.03 Å². The molecule has 0 atom stereocenters. The van der Waals surface area contributed by atoms with Crippen LogP contribution in [0.3, 0.4) is 0 Å². The summed E-state index contributed by atoms with van der Waals surface area (Å²) in [6, 6.07) is 14.7. The van der Waals surface area contributed by atoms with E-state index in [9.17, 15) is 4.79 Å². The van der Waals surface area contributed by atoms with Gasteiger partial charge in [-0.1, -0.05) is 18.2 Å². The average Bonchev–Trinajstić information content (AvgIpc) is 2.99. The number of oxazole rings is 1. The van der Waals surface area contributed by atoms with E-state index in [4.69, 9.17) is 9.15 Å². The minimum absolute atomic E-state index is 0.281. The lowest BCUT2D eigenvalue weighted by atomic mass is 10.2. The number of ether oxygens (including phenoxy) is 1. The second-order valence-electron chi connectivity index (χ2n) is 4.94. The van der Waals surface area contributed by atoms with Crippen LogP contribution >= 0.6 is 0 Å². The van der Waals surface area contributed by atoms with E-state index >= 15 is 0 Å². The van der Waals surface area contributed by atoms with Gasteiger partial charge in [0.25, 0.3) is 0 Å². The summed E-state index contributed by atoms with van der Waals surface area (Å²) in [5.41, 5.74) is 3.01. The van der Waals surface area contributed by atoms with E-state index in [1.807, 2.05) is 48.5 Å². The first kappa shape index (κ1) is 15.1. The number of fused-ring (bicyclic) bond motifs is 1. The van der Waals surface area contributed by atoms with Gasteiger partial charge in [-0.2, -0.15) is 0 Å². The normalized spacial score (nSPS) is 10.7. The van der Waals surface area contributed by atoms with Crippen molar-refractivity contribution in [1.29, 1.82) is 0 Å². The number of nitrogens with zero attached hydrogens (tertiary/aromatic N) is 1. The molecule has 0 fully saturated rings. The highest BCUT2D eigenvalue weighted by Crippen LogP contribution is 2.25. The molecule has 0 saturated carbocycles. The van der Waals surface area contributed by atoms with Crippen molar-refractivity contribution in [3.63, 3.8) is 0 Å². The standard InChI is InChI=1S/C17H17N3O3/c1-22-10-9-18-17(21)19-13-6-4-5-12(11-13)16-20-14-7-2-3-8-15(14)23-16/h2-8,11H,9-10H2,1H3,(H2,18,19,21). The molecule has 0 unspecified atom stereocenters. The molecule has 2 amide bonds. The number of amides is 2. The maximum Gasteiger partial charge on any atom is 0.319 e. The molecule has 0 aliphatic carbocycles. The predicted octanol–water partition coefficient (Wildman–Crippen LogP) is 3.26. The van der Waals surface area contributed by atoms with Crippen molar-refractivity contribution in [2.24, 2.45) is 0 Å². The molecule has 0 spiro atoms. The Labute approximate surface area is 133 Å². The largest absolute Gasteiger partial charge is 0.436 e. The van der Waals surface area contributed by atoms with Gasteiger partial charge in [-0.25, -0.2) is 9.78 Å². The summed E-state index contributed by atoms with van der Waals surface area (Å²) in [6.07, 6.45) is 0. The van der Waals surface area contributed by atoms with Gasteiger partial charge < -0.3 is 19.8 Å². The van der Waals surface area contributed by atoms with Gasteiger partial charge in [-0.05, 0) is 30.3 Å². The zero-order valence-electron chi connectivity index (χ0n) is 12.7. The fraction of sp³-hybridized carbons (Fsp3) is 0.176. The maximum atomic E-state index is 11.8. The molecule has 6 heteroatoms. The molecule has 1 aromatic heterocycles. The molecule has 0 radical (unpaired) electrons. The molecule has 0 aliphatic heterocycles. The Morgan fingerprint density at radius 3 is 2.91 bits per heavy atom. The molecule has 0 saturated heterocycles. The van der Waals surface area contributed by atoms with Crippen LogP contribution in [0.15, 0.2) is 52.9 Å². The number of carbonyl (C=O) groups excluding carboxylic acids is 1. The fourth-order valence-corrected chi connectivity index (χ4v) is 2.17. The number of rotatable bonds is 5. The van der Waals surface area contributed by atoms with E-state index in [1.165, 1.54) is 0 Å². The summed E-state index contributed by atoms with van der Waals surface area (Å²) >= 11 is 0. The van der Waals surface area contributed by atoms with Crippen LogP contribution in [0, 0.1) is 0 Å². The monoisotopic (exact) mass is 311 g/mol. The van der Waals surface area contributed by atoms with Crippen LogP contribution in [0.4, 0.5) is 10.5 Å². The molecule has 23 heavy (non-hydrogen) atoms. The van der Waals surface area contributed by atoms with Gasteiger partial charge in [0, 0.05) is 24.9 Å². The van der Waals surface area contributed by atoms with Gasteiger partial charge in [0.05, 0.1) is 6.61 Å². The number of urea groups is 1. The van der Waals surface area contributed by atoms with Crippen molar-refractivity contribution in [3.8, 4) is 11.5 Å². The summed E-state index contributed by atoms with van der Waals surface area (Å²) in [5, 5.41) is 5.47. The Balaban J connectivity index is 1.75. The number of para-hydroxylation sites is 2. The van der Waals surface area contributed by atoms with Crippen molar-refractivity contribution in [3.05, 3.63) is 48.5 Å². The van der Waals surface area contributed by atoms with Gasteiger partial charge in [-0.15, -0.1) is 0 Å². The molecular formula is C17H17N3O3. The summed E-state index contributed by atoms with van der Waals surface area (Å²) in [5.74, 6) is 0.523. The maximum absolute atomic E-state index is 11.8. The van der Waals surface area contributed by atoms with E-state index in [1.54, 1.807) is 7.11 Å². The number of aromatic nitrogens is 1. The lowest BCUT2D eigenvalue weighted by Gasteiger charge is -2.07. The third-order valence-corrected chi connectivity index (χ3v) is 3.25. The number of methoxy groups -OCH3 is 1.